The fourth-order valence-corrected chi connectivity index (χ4v) is 3.29. The third-order valence-electron chi connectivity index (χ3n) is 4.43. The minimum Gasteiger partial charge on any atom is -0.480 e. The van der Waals surface area contributed by atoms with Crippen molar-refractivity contribution in [3.8, 4) is 0 Å². The molecule has 0 saturated carbocycles. The number of hydrogen-bond donors (Lipinski definition) is 2. The van der Waals surface area contributed by atoms with Crippen molar-refractivity contribution in [2.45, 2.75) is 25.3 Å². The second-order valence-corrected chi connectivity index (χ2v) is 6.65. The van der Waals surface area contributed by atoms with Crippen molar-refractivity contribution in [1.29, 1.82) is 0 Å². The highest BCUT2D eigenvalue weighted by Crippen LogP contribution is 2.22. The summed E-state index contributed by atoms with van der Waals surface area (Å²) in [6, 6.07) is 7.09. The molecule has 0 radical (unpaired) electrons. The third kappa shape index (κ3) is 4.25. The number of amides is 2. The molecule has 0 spiro atoms. The van der Waals surface area contributed by atoms with Crippen LogP contribution in [-0.4, -0.2) is 45.4 Å². The highest BCUT2D eigenvalue weighted by Gasteiger charge is 2.32. The second-order valence-electron chi connectivity index (χ2n) is 6.24. The Bertz CT molecular complexity index is 887. The van der Waals surface area contributed by atoms with E-state index in [-0.39, 0.29) is 16.5 Å². The van der Waals surface area contributed by atoms with Gasteiger partial charge in [-0.1, -0.05) is 17.7 Å². The molecule has 2 N–H and O–H groups in total. The van der Waals surface area contributed by atoms with E-state index in [9.17, 15) is 19.5 Å². The number of nitrogens with zero attached hydrogens (tertiary/aromatic N) is 2. The maximum absolute atomic E-state index is 12.8. The topological polar surface area (TPSA) is 99.6 Å². The number of carboxylic acids is 1. The van der Waals surface area contributed by atoms with E-state index in [0.29, 0.717) is 24.2 Å². The molecule has 2 aromatic rings. The predicted octanol–water partition coefficient (Wildman–Crippen LogP) is 3.07. The lowest BCUT2D eigenvalue weighted by atomic mass is 10.0. The Labute approximate surface area is 161 Å². The normalized spacial score (nSPS) is 16.6. The van der Waals surface area contributed by atoms with E-state index in [1.54, 1.807) is 18.2 Å². The lowest BCUT2D eigenvalue weighted by molar-refractivity contribution is -0.143. The molecular formula is C19H18ClN3O4. The standard InChI is InChI=1S/C19H18ClN3O4/c20-15-11-21-8-7-14(15)17(24)22-13-5-3-4-12(10-13)18(25)23-9-2-1-6-16(23)19(26)27/h3-5,7-8,10-11,16H,1-2,6,9H2,(H,22,24)(H,26,27). The lowest BCUT2D eigenvalue weighted by Crippen LogP contribution is -2.48. The molecule has 1 saturated heterocycles. The summed E-state index contributed by atoms with van der Waals surface area (Å²) in [4.78, 5) is 41.8. The number of carboxylic acid groups (broad SMARTS) is 1. The van der Waals surface area contributed by atoms with Gasteiger partial charge in [-0.2, -0.15) is 0 Å². The number of carbonyl (C=O) groups excluding carboxylic acids is 2. The Morgan fingerprint density at radius 2 is 2.04 bits per heavy atom. The van der Waals surface area contributed by atoms with Crippen LogP contribution in [0, 0.1) is 0 Å². The van der Waals surface area contributed by atoms with Crippen LogP contribution < -0.4 is 5.32 Å². The van der Waals surface area contributed by atoms with E-state index < -0.39 is 17.9 Å². The minimum atomic E-state index is -1.00. The summed E-state index contributed by atoms with van der Waals surface area (Å²) < 4.78 is 0. The van der Waals surface area contributed by atoms with Crippen molar-refractivity contribution in [1.82, 2.24) is 9.88 Å². The van der Waals surface area contributed by atoms with E-state index in [2.05, 4.69) is 10.3 Å². The van der Waals surface area contributed by atoms with Crippen molar-refractivity contribution in [2.24, 2.45) is 0 Å². The molecule has 2 heterocycles. The van der Waals surface area contributed by atoms with Gasteiger partial charge < -0.3 is 15.3 Å². The number of rotatable bonds is 4. The van der Waals surface area contributed by atoms with Crippen molar-refractivity contribution in [2.75, 3.05) is 11.9 Å². The number of piperidine rings is 1. The number of anilines is 1. The molecule has 1 fully saturated rings. The van der Waals surface area contributed by atoms with E-state index >= 15 is 0 Å². The number of likely N-dealkylation sites (tertiary alicyclic amines) is 1. The fraction of sp³-hybridized carbons (Fsp3) is 0.263. The first kappa shape index (κ1) is 18.8. The van der Waals surface area contributed by atoms with Gasteiger partial charge in [0.15, 0.2) is 0 Å². The van der Waals surface area contributed by atoms with Gasteiger partial charge in [0.1, 0.15) is 6.04 Å². The Morgan fingerprint density at radius 1 is 1.22 bits per heavy atom. The molecule has 7 nitrogen and oxygen atoms in total. The van der Waals surface area contributed by atoms with Crippen molar-refractivity contribution in [3.63, 3.8) is 0 Å². The van der Waals surface area contributed by atoms with Crippen LogP contribution in [0.15, 0.2) is 42.7 Å². The predicted molar refractivity (Wildman–Crippen MR) is 100.0 cm³/mol. The fourth-order valence-electron chi connectivity index (χ4n) is 3.08. The monoisotopic (exact) mass is 387 g/mol. The van der Waals surface area contributed by atoms with Crippen molar-refractivity contribution >= 4 is 35.1 Å². The first-order valence-electron chi connectivity index (χ1n) is 8.52. The zero-order valence-electron chi connectivity index (χ0n) is 14.4. The summed E-state index contributed by atoms with van der Waals surface area (Å²) in [5, 5.41) is 12.3. The molecule has 1 aliphatic rings. The summed E-state index contributed by atoms with van der Waals surface area (Å²) in [5.74, 6) is -1.78. The Morgan fingerprint density at radius 3 is 2.78 bits per heavy atom. The summed E-state index contributed by atoms with van der Waals surface area (Å²) in [7, 11) is 0. The number of hydrogen-bond acceptors (Lipinski definition) is 4. The maximum atomic E-state index is 12.8. The van der Waals surface area contributed by atoms with Crippen LogP contribution in [-0.2, 0) is 4.79 Å². The number of pyridine rings is 1. The van der Waals surface area contributed by atoms with Gasteiger partial charge in [-0.3, -0.25) is 14.6 Å². The van der Waals surface area contributed by atoms with Gasteiger partial charge in [-0.05, 0) is 43.5 Å². The van der Waals surface area contributed by atoms with E-state index in [0.717, 1.165) is 12.8 Å². The maximum Gasteiger partial charge on any atom is 0.326 e. The van der Waals surface area contributed by atoms with Crippen LogP contribution in [0.4, 0.5) is 5.69 Å². The zero-order valence-corrected chi connectivity index (χ0v) is 15.1. The van der Waals surface area contributed by atoms with Gasteiger partial charge in [-0.15, -0.1) is 0 Å². The van der Waals surface area contributed by atoms with Crippen LogP contribution >= 0.6 is 11.6 Å². The van der Waals surface area contributed by atoms with Gasteiger partial charge in [-0.25, -0.2) is 4.79 Å². The molecule has 1 aromatic carbocycles. The number of halogens is 1. The van der Waals surface area contributed by atoms with Crippen molar-refractivity contribution in [3.05, 3.63) is 58.9 Å². The van der Waals surface area contributed by atoms with Crippen LogP contribution in [0.5, 0.6) is 0 Å². The van der Waals surface area contributed by atoms with Gasteiger partial charge in [0.2, 0.25) is 0 Å². The molecule has 1 aromatic heterocycles. The van der Waals surface area contributed by atoms with Crippen LogP contribution in [0.25, 0.3) is 0 Å². The first-order valence-corrected chi connectivity index (χ1v) is 8.90. The summed E-state index contributed by atoms with van der Waals surface area (Å²) in [6.45, 7) is 0.402. The van der Waals surface area contributed by atoms with E-state index in [1.807, 2.05) is 0 Å². The number of nitrogens with one attached hydrogen (secondary N) is 1. The molecular weight excluding hydrogens is 370 g/mol. The molecule has 140 valence electrons. The molecule has 1 atom stereocenters. The quantitative estimate of drug-likeness (QED) is 0.839. The Kier molecular flexibility index (Phi) is 5.71. The van der Waals surface area contributed by atoms with E-state index in [1.165, 1.54) is 29.4 Å². The zero-order chi connectivity index (χ0) is 19.4. The molecule has 2 amide bonds. The highest BCUT2D eigenvalue weighted by molar-refractivity contribution is 6.34. The SMILES string of the molecule is O=C(Nc1cccc(C(=O)N2CCCCC2C(=O)O)c1)c1ccncc1Cl. The van der Waals surface area contributed by atoms with E-state index in [4.69, 9.17) is 11.6 Å². The van der Waals surface area contributed by atoms with Gasteiger partial charge in [0.05, 0.1) is 10.6 Å². The molecule has 1 unspecified atom stereocenters. The summed E-state index contributed by atoms with van der Waals surface area (Å²) in [6.07, 6.45) is 4.83. The average molecular weight is 388 g/mol. The van der Waals surface area contributed by atoms with Gasteiger partial charge >= 0.3 is 5.97 Å². The van der Waals surface area contributed by atoms with Gasteiger partial charge in [0, 0.05) is 30.2 Å². The molecule has 27 heavy (non-hydrogen) atoms. The number of aliphatic carboxylic acids is 1. The highest BCUT2D eigenvalue weighted by atomic mass is 35.5. The summed E-state index contributed by atoms with van der Waals surface area (Å²) >= 11 is 5.97. The summed E-state index contributed by atoms with van der Waals surface area (Å²) in [5.41, 5.74) is 1.01. The van der Waals surface area contributed by atoms with Crippen LogP contribution in [0.1, 0.15) is 40.0 Å². The largest absolute Gasteiger partial charge is 0.480 e. The minimum absolute atomic E-state index is 0.222. The third-order valence-corrected chi connectivity index (χ3v) is 4.73. The number of aromatic nitrogens is 1. The molecule has 0 bridgehead atoms. The van der Waals surface area contributed by atoms with Gasteiger partial charge in [0.25, 0.3) is 11.8 Å². The van der Waals surface area contributed by atoms with Crippen molar-refractivity contribution < 1.29 is 19.5 Å². The number of carbonyl (C=O) groups is 3. The van der Waals surface area contributed by atoms with Crippen LogP contribution in [0.2, 0.25) is 5.02 Å². The number of benzene rings is 1. The van der Waals surface area contributed by atoms with Crippen LogP contribution in [0.3, 0.4) is 0 Å². The average Bonchev–Trinajstić information content (AvgIpc) is 2.68. The molecule has 0 aliphatic carbocycles. The molecule has 1 aliphatic heterocycles. The lowest BCUT2D eigenvalue weighted by Gasteiger charge is -2.33. The second kappa shape index (κ2) is 8.18. The smallest absolute Gasteiger partial charge is 0.326 e. The Balaban J connectivity index is 1.79. The first-order chi connectivity index (χ1) is 13.0. The molecule has 8 heteroatoms. The Hall–Kier alpha value is -2.93. The molecule has 3 rings (SSSR count).